The van der Waals surface area contributed by atoms with Crippen LogP contribution < -0.4 is 4.90 Å². The Hall–Kier alpha value is -1.10. The van der Waals surface area contributed by atoms with Gasteiger partial charge in [0.1, 0.15) is 5.82 Å². The molecule has 4 nitrogen and oxygen atoms in total. The Morgan fingerprint density at radius 2 is 2.00 bits per heavy atom. The molecule has 0 saturated carbocycles. The van der Waals surface area contributed by atoms with Gasteiger partial charge in [0.15, 0.2) is 0 Å². The maximum atomic E-state index is 11.5. The van der Waals surface area contributed by atoms with Gasteiger partial charge in [-0.1, -0.05) is 0 Å². The summed E-state index contributed by atoms with van der Waals surface area (Å²) < 4.78 is 0.976. The van der Waals surface area contributed by atoms with Crippen LogP contribution in [0.5, 0.6) is 0 Å². The van der Waals surface area contributed by atoms with Crippen LogP contribution >= 0.6 is 15.9 Å². The second kappa shape index (κ2) is 5.30. The summed E-state index contributed by atoms with van der Waals surface area (Å²) in [6.07, 6.45) is 0. The van der Waals surface area contributed by atoms with E-state index in [-0.39, 0.29) is 5.91 Å². The van der Waals surface area contributed by atoms with Gasteiger partial charge >= 0.3 is 0 Å². The molecule has 0 aliphatic rings. The molecule has 0 aliphatic carbocycles. The molecule has 1 rings (SSSR count). The second-order valence-electron chi connectivity index (χ2n) is 3.88. The largest absolute Gasteiger partial charge is 0.350 e. The highest BCUT2D eigenvalue weighted by atomic mass is 79.9. The number of hydrogen-bond acceptors (Lipinski definition) is 3. The fraction of sp³-hybridized carbons (Fsp3) is 0.455. The molecule has 16 heavy (non-hydrogen) atoms. The van der Waals surface area contributed by atoms with E-state index in [1.165, 1.54) is 0 Å². The van der Waals surface area contributed by atoms with E-state index in [2.05, 4.69) is 20.9 Å². The Morgan fingerprint density at radius 1 is 1.38 bits per heavy atom. The van der Waals surface area contributed by atoms with E-state index >= 15 is 0 Å². The van der Waals surface area contributed by atoms with E-state index in [0.717, 1.165) is 16.0 Å². The van der Waals surface area contributed by atoms with Crippen LogP contribution in [0.1, 0.15) is 5.69 Å². The summed E-state index contributed by atoms with van der Waals surface area (Å²) >= 11 is 3.40. The van der Waals surface area contributed by atoms with E-state index < -0.39 is 0 Å². The van der Waals surface area contributed by atoms with Crippen LogP contribution in [-0.4, -0.2) is 43.5 Å². The molecule has 0 aliphatic heterocycles. The predicted molar refractivity (Wildman–Crippen MR) is 68.6 cm³/mol. The minimum Gasteiger partial charge on any atom is -0.350 e. The number of anilines is 1. The van der Waals surface area contributed by atoms with Crippen LogP contribution in [0.3, 0.4) is 0 Å². The molecule has 0 N–H and O–H groups in total. The molecular weight excluding hydrogens is 270 g/mol. The maximum Gasteiger partial charge on any atom is 0.241 e. The third-order valence-electron chi connectivity index (χ3n) is 2.27. The molecule has 0 bridgehead atoms. The van der Waals surface area contributed by atoms with Gasteiger partial charge in [-0.3, -0.25) is 4.79 Å². The van der Waals surface area contributed by atoms with Crippen molar-refractivity contribution in [3.63, 3.8) is 0 Å². The highest BCUT2D eigenvalue weighted by Gasteiger charge is 2.10. The van der Waals surface area contributed by atoms with E-state index in [1.54, 1.807) is 19.0 Å². The van der Waals surface area contributed by atoms with E-state index in [4.69, 9.17) is 0 Å². The van der Waals surface area contributed by atoms with Crippen molar-refractivity contribution >= 4 is 27.7 Å². The third-order valence-corrected chi connectivity index (χ3v) is 3.11. The number of carbonyl (C=O) groups is 1. The number of amides is 1. The molecule has 0 unspecified atom stereocenters. The zero-order chi connectivity index (χ0) is 12.3. The first-order valence-corrected chi connectivity index (χ1v) is 5.75. The lowest BCUT2D eigenvalue weighted by Gasteiger charge is -2.20. The fourth-order valence-electron chi connectivity index (χ4n) is 1.17. The monoisotopic (exact) mass is 285 g/mol. The lowest BCUT2D eigenvalue weighted by atomic mass is 10.3. The normalized spacial score (nSPS) is 10.1. The number of nitrogens with zero attached hydrogens (tertiary/aromatic N) is 3. The smallest absolute Gasteiger partial charge is 0.241 e. The quantitative estimate of drug-likeness (QED) is 0.848. The van der Waals surface area contributed by atoms with Gasteiger partial charge in [0.2, 0.25) is 5.91 Å². The molecule has 88 valence electrons. The van der Waals surface area contributed by atoms with Crippen molar-refractivity contribution in [2.24, 2.45) is 0 Å². The van der Waals surface area contributed by atoms with Crippen LogP contribution in [0.4, 0.5) is 5.82 Å². The molecule has 5 heteroatoms. The summed E-state index contributed by atoms with van der Waals surface area (Å²) in [6.45, 7) is 2.26. The Morgan fingerprint density at radius 3 is 2.50 bits per heavy atom. The summed E-state index contributed by atoms with van der Waals surface area (Å²) in [4.78, 5) is 19.3. The first-order valence-electron chi connectivity index (χ1n) is 4.96. The average Bonchev–Trinajstić information content (AvgIpc) is 2.21. The molecule has 1 heterocycles. The minimum atomic E-state index is 0.0601. The van der Waals surface area contributed by atoms with Crippen molar-refractivity contribution < 1.29 is 4.79 Å². The highest BCUT2D eigenvalue weighted by Crippen LogP contribution is 2.18. The van der Waals surface area contributed by atoms with Gasteiger partial charge in [-0.15, -0.1) is 0 Å². The van der Waals surface area contributed by atoms with E-state index in [9.17, 15) is 4.79 Å². The number of hydrogen-bond donors (Lipinski definition) is 0. The number of likely N-dealkylation sites (N-methyl/N-ethyl adjacent to an activating group) is 2. The molecule has 0 aromatic carbocycles. The number of aromatic nitrogens is 1. The van der Waals surface area contributed by atoms with Gasteiger partial charge in [-0.2, -0.15) is 0 Å². The van der Waals surface area contributed by atoms with Crippen molar-refractivity contribution in [3.8, 4) is 0 Å². The molecule has 0 fully saturated rings. The molecular formula is C11H16BrN3O. The van der Waals surface area contributed by atoms with Crippen LogP contribution in [0, 0.1) is 6.92 Å². The second-order valence-corrected chi connectivity index (χ2v) is 4.74. The molecule has 0 saturated heterocycles. The molecule has 1 aromatic heterocycles. The van der Waals surface area contributed by atoms with Gasteiger partial charge in [0.05, 0.1) is 12.2 Å². The maximum absolute atomic E-state index is 11.5. The predicted octanol–water partition coefficient (Wildman–Crippen LogP) is 1.68. The Kier molecular flexibility index (Phi) is 4.29. The molecule has 1 aromatic rings. The Labute approximate surface area is 104 Å². The first kappa shape index (κ1) is 13.0. The van der Waals surface area contributed by atoms with Gasteiger partial charge in [-0.05, 0) is 35.0 Å². The number of carbonyl (C=O) groups excluding carboxylic acids is 1. The van der Waals surface area contributed by atoms with Crippen molar-refractivity contribution in [2.45, 2.75) is 6.92 Å². The standard InChI is InChI=1S/C11H16BrN3O/c1-8-9(12)5-6-10(13-8)15(4)7-11(16)14(2)3/h5-6H,7H2,1-4H3. The summed E-state index contributed by atoms with van der Waals surface area (Å²) in [5.74, 6) is 0.862. The summed E-state index contributed by atoms with van der Waals surface area (Å²) in [6, 6.07) is 3.83. The SMILES string of the molecule is Cc1nc(N(C)CC(=O)N(C)C)ccc1Br. The zero-order valence-electron chi connectivity index (χ0n) is 9.99. The van der Waals surface area contributed by atoms with Crippen LogP contribution in [-0.2, 0) is 4.79 Å². The van der Waals surface area contributed by atoms with E-state index in [0.29, 0.717) is 6.54 Å². The molecule has 0 radical (unpaired) electrons. The summed E-state index contributed by atoms with van der Waals surface area (Å²) in [5.41, 5.74) is 0.918. The lowest BCUT2D eigenvalue weighted by Crippen LogP contribution is -2.34. The van der Waals surface area contributed by atoms with Crippen LogP contribution in [0.2, 0.25) is 0 Å². The molecule has 0 spiro atoms. The van der Waals surface area contributed by atoms with Gasteiger partial charge in [0, 0.05) is 25.6 Å². The Bertz CT molecular complexity index is 393. The van der Waals surface area contributed by atoms with Crippen molar-refractivity contribution in [3.05, 3.63) is 22.3 Å². The average molecular weight is 286 g/mol. The minimum absolute atomic E-state index is 0.0601. The van der Waals surface area contributed by atoms with Gasteiger partial charge < -0.3 is 9.80 Å². The molecule has 0 atom stereocenters. The summed E-state index contributed by atoms with van der Waals surface area (Å²) in [5, 5.41) is 0. The molecule has 1 amide bonds. The van der Waals surface area contributed by atoms with Crippen LogP contribution in [0.15, 0.2) is 16.6 Å². The third kappa shape index (κ3) is 3.20. The lowest BCUT2D eigenvalue weighted by molar-refractivity contribution is -0.127. The van der Waals surface area contributed by atoms with Gasteiger partial charge in [0.25, 0.3) is 0 Å². The summed E-state index contributed by atoms with van der Waals surface area (Å²) in [7, 11) is 5.35. The highest BCUT2D eigenvalue weighted by molar-refractivity contribution is 9.10. The zero-order valence-corrected chi connectivity index (χ0v) is 11.6. The number of rotatable bonds is 3. The Balaban J connectivity index is 2.77. The fourth-order valence-corrected chi connectivity index (χ4v) is 1.39. The van der Waals surface area contributed by atoms with Crippen molar-refractivity contribution in [1.82, 2.24) is 9.88 Å². The van der Waals surface area contributed by atoms with Crippen molar-refractivity contribution in [2.75, 3.05) is 32.6 Å². The van der Waals surface area contributed by atoms with Crippen molar-refractivity contribution in [1.29, 1.82) is 0 Å². The van der Waals surface area contributed by atoms with Gasteiger partial charge in [-0.25, -0.2) is 4.98 Å². The number of halogens is 1. The van der Waals surface area contributed by atoms with Crippen LogP contribution in [0.25, 0.3) is 0 Å². The van der Waals surface area contributed by atoms with E-state index in [1.807, 2.05) is 31.0 Å². The number of pyridine rings is 1. The number of aryl methyl sites for hydroxylation is 1. The first-order chi connectivity index (χ1) is 7.41. The topological polar surface area (TPSA) is 36.4 Å².